The number of nitrogens with zero attached hydrogens (tertiary/aromatic N) is 1. The average molecular weight is 276 g/mol. The third kappa shape index (κ3) is 2.78. The van der Waals surface area contributed by atoms with Crippen LogP contribution in [0.5, 0.6) is 0 Å². The van der Waals surface area contributed by atoms with Crippen molar-refractivity contribution >= 4 is 16.9 Å². The largest absolute Gasteiger partial charge is 0.416 e. The van der Waals surface area contributed by atoms with Crippen LogP contribution in [0.3, 0.4) is 0 Å². The topological polar surface area (TPSA) is 58.6 Å². The van der Waals surface area contributed by atoms with Crippen molar-refractivity contribution in [3.05, 3.63) is 35.4 Å². The molecule has 2 atom stereocenters. The third-order valence-electron chi connectivity index (χ3n) is 2.61. The molecule has 0 amide bonds. The van der Waals surface area contributed by atoms with Crippen molar-refractivity contribution in [2.45, 2.75) is 24.1 Å². The van der Waals surface area contributed by atoms with Gasteiger partial charge in [-0.05, 0) is 18.1 Å². The van der Waals surface area contributed by atoms with Gasteiger partial charge in [-0.25, -0.2) is 4.99 Å². The maximum absolute atomic E-state index is 12.8. The van der Waals surface area contributed by atoms with Crippen LogP contribution in [-0.4, -0.2) is 21.8 Å². The Morgan fingerprint density at radius 3 is 2.56 bits per heavy atom. The van der Waals surface area contributed by atoms with Gasteiger partial charge in [0.1, 0.15) is 0 Å². The van der Waals surface area contributed by atoms with Crippen LogP contribution < -0.4 is 5.73 Å². The molecule has 1 aliphatic heterocycles. The quantitative estimate of drug-likeness (QED) is 0.868. The average Bonchev–Trinajstić information content (AvgIpc) is 2.57. The number of aliphatic hydroxyl groups is 1. The number of aliphatic hydroxyl groups excluding tert-OH is 1. The number of nitrogens with two attached hydrogens (primary N) is 1. The molecular weight excluding hydrogens is 265 g/mol. The summed E-state index contributed by atoms with van der Waals surface area (Å²) < 4.78 is 38.3. The second-order valence-electron chi connectivity index (χ2n) is 3.90. The van der Waals surface area contributed by atoms with Crippen molar-refractivity contribution in [1.29, 1.82) is 0 Å². The molecule has 1 heterocycles. The van der Waals surface area contributed by atoms with Crippen LogP contribution in [0, 0.1) is 0 Å². The molecule has 7 heteroatoms. The van der Waals surface area contributed by atoms with Crippen LogP contribution >= 0.6 is 11.8 Å². The van der Waals surface area contributed by atoms with Gasteiger partial charge >= 0.3 is 6.18 Å². The van der Waals surface area contributed by atoms with Gasteiger partial charge in [-0.1, -0.05) is 30.0 Å². The van der Waals surface area contributed by atoms with Gasteiger partial charge in [-0.3, -0.25) is 0 Å². The van der Waals surface area contributed by atoms with Gasteiger partial charge in [0, 0.05) is 0 Å². The van der Waals surface area contributed by atoms with E-state index >= 15 is 0 Å². The van der Waals surface area contributed by atoms with Crippen LogP contribution in [0.2, 0.25) is 0 Å². The first kappa shape index (κ1) is 13.2. The van der Waals surface area contributed by atoms with Crippen molar-refractivity contribution in [1.82, 2.24) is 0 Å². The monoisotopic (exact) mass is 276 g/mol. The van der Waals surface area contributed by atoms with Crippen molar-refractivity contribution < 1.29 is 18.3 Å². The predicted molar refractivity (Wildman–Crippen MR) is 64.2 cm³/mol. The number of benzene rings is 1. The second kappa shape index (κ2) is 4.81. The first-order chi connectivity index (χ1) is 8.38. The van der Waals surface area contributed by atoms with E-state index in [9.17, 15) is 18.3 Å². The number of aliphatic imine (C=N–C) groups is 1. The molecule has 2 unspecified atom stereocenters. The van der Waals surface area contributed by atoms with E-state index in [0.717, 1.165) is 17.8 Å². The van der Waals surface area contributed by atoms with Gasteiger partial charge in [0.2, 0.25) is 0 Å². The maximum Gasteiger partial charge on any atom is 0.416 e. The lowest BCUT2D eigenvalue weighted by atomic mass is 10.0. The zero-order valence-corrected chi connectivity index (χ0v) is 10.0. The number of hydrogen-bond donors (Lipinski definition) is 2. The fourth-order valence-electron chi connectivity index (χ4n) is 1.80. The summed E-state index contributed by atoms with van der Waals surface area (Å²) in [6.07, 6.45) is -5.36. The zero-order valence-electron chi connectivity index (χ0n) is 9.19. The predicted octanol–water partition coefficient (Wildman–Crippen LogP) is 2.00. The minimum absolute atomic E-state index is 0.0751. The SMILES string of the molecule is NC1=NC(O)C(Cc2ccccc2C(F)(F)F)S1. The molecule has 3 N–H and O–H groups in total. The molecular formula is C11H11F3N2OS. The van der Waals surface area contributed by atoms with Crippen molar-refractivity contribution in [2.24, 2.45) is 10.7 Å². The van der Waals surface area contributed by atoms with Gasteiger partial charge in [0.25, 0.3) is 0 Å². The smallest absolute Gasteiger partial charge is 0.378 e. The van der Waals surface area contributed by atoms with Crippen LogP contribution in [0.4, 0.5) is 13.2 Å². The zero-order chi connectivity index (χ0) is 13.3. The summed E-state index contributed by atoms with van der Waals surface area (Å²) in [7, 11) is 0. The summed E-state index contributed by atoms with van der Waals surface area (Å²) in [4.78, 5) is 3.69. The Hall–Kier alpha value is -1.21. The highest BCUT2D eigenvalue weighted by Crippen LogP contribution is 2.35. The summed E-state index contributed by atoms with van der Waals surface area (Å²) >= 11 is 1.10. The van der Waals surface area contributed by atoms with Crippen molar-refractivity contribution in [3.63, 3.8) is 0 Å². The molecule has 0 bridgehead atoms. The normalized spacial score (nSPS) is 24.1. The molecule has 2 rings (SSSR count). The molecule has 3 nitrogen and oxygen atoms in total. The van der Waals surface area contributed by atoms with Crippen LogP contribution in [0.25, 0.3) is 0 Å². The van der Waals surface area contributed by atoms with Crippen molar-refractivity contribution in [2.75, 3.05) is 0 Å². The molecule has 18 heavy (non-hydrogen) atoms. The molecule has 98 valence electrons. The maximum atomic E-state index is 12.8. The van der Waals surface area contributed by atoms with Gasteiger partial charge in [0.05, 0.1) is 10.8 Å². The summed E-state index contributed by atoms with van der Waals surface area (Å²) in [5, 5.41) is 9.29. The molecule has 1 aromatic rings. The Morgan fingerprint density at radius 2 is 2.00 bits per heavy atom. The van der Waals surface area contributed by atoms with Gasteiger partial charge in [-0.2, -0.15) is 13.2 Å². The van der Waals surface area contributed by atoms with Crippen LogP contribution in [0.15, 0.2) is 29.3 Å². The first-order valence-electron chi connectivity index (χ1n) is 5.21. The lowest BCUT2D eigenvalue weighted by molar-refractivity contribution is -0.138. The van der Waals surface area contributed by atoms with Crippen LogP contribution in [-0.2, 0) is 12.6 Å². The second-order valence-corrected chi connectivity index (χ2v) is 5.16. The standard InChI is InChI=1S/C11H11F3N2OS/c12-11(13,14)7-4-2-1-3-6(7)5-8-9(17)16-10(15)18-8/h1-4,8-9,17H,5H2,(H2,15,16). The Morgan fingerprint density at radius 1 is 1.33 bits per heavy atom. The minimum atomic E-state index is -4.39. The van der Waals surface area contributed by atoms with E-state index in [1.165, 1.54) is 12.1 Å². The molecule has 0 radical (unpaired) electrons. The first-order valence-corrected chi connectivity index (χ1v) is 6.09. The van der Waals surface area contributed by atoms with Crippen LogP contribution in [0.1, 0.15) is 11.1 Å². The lowest BCUT2D eigenvalue weighted by Crippen LogP contribution is -2.21. The fourth-order valence-corrected chi connectivity index (χ4v) is 2.72. The molecule has 0 aliphatic carbocycles. The summed E-state index contributed by atoms with van der Waals surface area (Å²) in [6.45, 7) is 0. The Kier molecular flexibility index (Phi) is 3.54. The summed E-state index contributed by atoms with van der Waals surface area (Å²) in [6, 6.07) is 5.33. The van der Waals surface area contributed by atoms with E-state index in [2.05, 4.69) is 4.99 Å². The van der Waals surface area contributed by atoms with Gasteiger partial charge in [-0.15, -0.1) is 0 Å². The van der Waals surface area contributed by atoms with Gasteiger partial charge in [0.15, 0.2) is 11.4 Å². The van der Waals surface area contributed by atoms with E-state index in [0.29, 0.717) is 0 Å². The number of rotatable bonds is 2. The van der Waals surface area contributed by atoms with E-state index < -0.39 is 23.2 Å². The highest BCUT2D eigenvalue weighted by Gasteiger charge is 2.35. The van der Waals surface area contributed by atoms with E-state index in [1.807, 2.05) is 0 Å². The molecule has 0 aromatic heterocycles. The Balaban J connectivity index is 2.20. The fraction of sp³-hybridized carbons (Fsp3) is 0.364. The van der Waals surface area contributed by atoms with E-state index in [-0.39, 0.29) is 17.2 Å². The molecule has 0 spiro atoms. The van der Waals surface area contributed by atoms with Gasteiger partial charge < -0.3 is 10.8 Å². The van der Waals surface area contributed by atoms with E-state index in [4.69, 9.17) is 5.73 Å². The number of halogens is 3. The Bertz CT molecular complexity index is 476. The third-order valence-corrected chi connectivity index (χ3v) is 3.67. The molecule has 0 saturated heterocycles. The molecule has 0 saturated carbocycles. The molecule has 1 aromatic carbocycles. The number of amidine groups is 1. The number of thioether (sulfide) groups is 1. The number of hydrogen-bond acceptors (Lipinski definition) is 4. The summed E-state index contributed by atoms with van der Waals surface area (Å²) in [5.74, 6) is 0. The minimum Gasteiger partial charge on any atom is -0.378 e. The molecule has 0 fully saturated rings. The number of alkyl halides is 3. The lowest BCUT2D eigenvalue weighted by Gasteiger charge is -2.16. The Labute approximate surface area is 106 Å². The van der Waals surface area contributed by atoms with E-state index in [1.54, 1.807) is 6.07 Å². The summed E-state index contributed by atoms with van der Waals surface area (Å²) in [5.41, 5.74) is 4.89. The molecule has 1 aliphatic rings. The highest BCUT2D eigenvalue weighted by molar-refractivity contribution is 8.14. The highest BCUT2D eigenvalue weighted by atomic mass is 32.2. The van der Waals surface area contributed by atoms with Crippen molar-refractivity contribution in [3.8, 4) is 0 Å².